The highest BCUT2D eigenvalue weighted by Gasteiger charge is 2.12. The molecule has 4 rings (SSSR count). The number of nitrogens with zero attached hydrogens (tertiary/aromatic N) is 1. The molecule has 0 saturated carbocycles. The topological polar surface area (TPSA) is 49.8 Å². The molecule has 29 heavy (non-hydrogen) atoms. The van der Waals surface area contributed by atoms with Gasteiger partial charge in [0.2, 0.25) is 0 Å². The van der Waals surface area contributed by atoms with E-state index in [0.29, 0.717) is 12.2 Å². The van der Waals surface area contributed by atoms with Crippen molar-refractivity contribution in [1.82, 2.24) is 0 Å². The summed E-state index contributed by atoms with van der Waals surface area (Å²) in [6.07, 6.45) is 2.12. The number of allylic oxidation sites excluding steroid dienone is 1. The molecule has 0 atom stereocenters. The van der Waals surface area contributed by atoms with E-state index < -0.39 is 5.97 Å². The molecule has 0 fully saturated rings. The van der Waals surface area contributed by atoms with Gasteiger partial charge in [0.1, 0.15) is 12.4 Å². The van der Waals surface area contributed by atoms with Crippen LogP contribution in [0.1, 0.15) is 36.7 Å². The molecule has 0 saturated heterocycles. The Kier molecular flexibility index (Phi) is 6.55. The zero-order valence-corrected chi connectivity index (χ0v) is 17.2. The second-order valence-electron chi connectivity index (χ2n) is 6.88. The van der Waals surface area contributed by atoms with Gasteiger partial charge >= 0.3 is 5.97 Å². The van der Waals surface area contributed by atoms with Gasteiger partial charge in [-0.25, -0.2) is 4.79 Å². The van der Waals surface area contributed by atoms with Crippen LogP contribution in [0.15, 0.2) is 66.7 Å². The summed E-state index contributed by atoms with van der Waals surface area (Å²) >= 11 is 0. The van der Waals surface area contributed by atoms with E-state index in [2.05, 4.69) is 49.9 Å². The number of hydrogen-bond donors (Lipinski definition) is 1. The van der Waals surface area contributed by atoms with Crippen LogP contribution < -0.4 is 9.64 Å². The molecule has 0 aliphatic carbocycles. The van der Waals surface area contributed by atoms with Gasteiger partial charge in [-0.1, -0.05) is 36.4 Å². The Labute approximate surface area is 172 Å². The summed E-state index contributed by atoms with van der Waals surface area (Å²) in [6.45, 7) is 9.25. The lowest BCUT2D eigenvalue weighted by molar-refractivity contribution is 0.0699. The van der Waals surface area contributed by atoms with E-state index in [1.807, 2.05) is 30.3 Å². The van der Waals surface area contributed by atoms with Crippen molar-refractivity contribution in [2.45, 2.75) is 20.8 Å². The first-order valence-electron chi connectivity index (χ1n) is 9.95. The Balaban J connectivity index is 0.000000169. The first-order valence-corrected chi connectivity index (χ1v) is 9.95. The van der Waals surface area contributed by atoms with Gasteiger partial charge in [0.15, 0.2) is 0 Å². The molecule has 0 amide bonds. The Hall–Kier alpha value is -3.27. The van der Waals surface area contributed by atoms with Gasteiger partial charge < -0.3 is 14.7 Å². The second kappa shape index (κ2) is 9.28. The van der Waals surface area contributed by atoms with Gasteiger partial charge in [0.05, 0.1) is 5.56 Å². The number of aromatic carboxylic acids is 1. The molecule has 3 aromatic rings. The van der Waals surface area contributed by atoms with Crippen molar-refractivity contribution in [1.29, 1.82) is 0 Å². The fourth-order valence-corrected chi connectivity index (χ4v) is 3.52. The third-order valence-corrected chi connectivity index (χ3v) is 5.17. The molecule has 0 aromatic heterocycles. The number of fused-ring (bicyclic) bond motifs is 2. The number of hydrogen-bond acceptors (Lipinski definition) is 3. The molecule has 3 aromatic carbocycles. The number of rotatable bonds is 4. The van der Waals surface area contributed by atoms with Crippen LogP contribution in [0.2, 0.25) is 0 Å². The maximum Gasteiger partial charge on any atom is 0.336 e. The first kappa shape index (κ1) is 20.5. The molecular weight excluding hydrogens is 362 g/mol. The summed E-state index contributed by atoms with van der Waals surface area (Å²) in [4.78, 5) is 13.1. The molecule has 0 spiro atoms. The van der Waals surface area contributed by atoms with Crippen LogP contribution in [0.4, 0.5) is 5.69 Å². The van der Waals surface area contributed by atoms with Crippen LogP contribution in [-0.2, 0) is 0 Å². The fraction of sp³-hybridized carbons (Fsp3) is 0.240. The Morgan fingerprint density at radius 3 is 2.48 bits per heavy atom. The number of carboxylic acids is 1. The van der Waals surface area contributed by atoms with Gasteiger partial charge in [0.25, 0.3) is 0 Å². The van der Waals surface area contributed by atoms with Gasteiger partial charge in [-0.2, -0.15) is 0 Å². The van der Waals surface area contributed by atoms with Crippen LogP contribution in [-0.4, -0.2) is 30.8 Å². The zero-order chi connectivity index (χ0) is 20.8. The average Bonchev–Trinajstić information content (AvgIpc) is 2.75. The lowest BCUT2D eigenvalue weighted by Crippen LogP contribution is -2.22. The molecule has 1 heterocycles. The Morgan fingerprint density at radius 1 is 1.03 bits per heavy atom. The standard InChI is InChI=1S/C14H19NO.C11H8O2/c1-4-15(5-2)12-6-7-13-11(3)8-9-16-14(13)10-12;12-11(13)10-7-3-5-8-4-1-2-6-9(8)10/h6-8,10H,4-5,9H2,1-3H3;1-7H,(H,12,13). The number of ether oxygens (including phenoxy) is 1. The molecule has 0 radical (unpaired) electrons. The molecule has 0 bridgehead atoms. The summed E-state index contributed by atoms with van der Waals surface area (Å²) in [5, 5.41) is 10.6. The summed E-state index contributed by atoms with van der Waals surface area (Å²) in [5.41, 5.74) is 4.14. The highest BCUT2D eigenvalue weighted by molar-refractivity contribution is 6.03. The summed E-state index contributed by atoms with van der Waals surface area (Å²) in [7, 11) is 0. The number of anilines is 1. The minimum atomic E-state index is -0.878. The number of carboxylic acid groups (broad SMARTS) is 1. The van der Waals surface area contributed by atoms with Crippen LogP contribution in [0, 0.1) is 0 Å². The number of carbonyl (C=O) groups is 1. The van der Waals surface area contributed by atoms with Crippen molar-refractivity contribution in [3.05, 3.63) is 77.9 Å². The van der Waals surface area contributed by atoms with Crippen LogP contribution >= 0.6 is 0 Å². The van der Waals surface area contributed by atoms with Crippen molar-refractivity contribution in [2.24, 2.45) is 0 Å². The van der Waals surface area contributed by atoms with Crippen molar-refractivity contribution >= 4 is 28.0 Å². The van der Waals surface area contributed by atoms with Crippen LogP contribution in [0.3, 0.4) is 0 Å². The summed E-state index contributed by atoms with van der Waals surface area (Å²) in [6, 6.07) is 19.2. The minimum absolute atomic E-state index is 0.359. The molecule has 4 heteroatoms. The van der Waals surface area contributed by atoms with Crippen LogP contribution in [0.25, 0.3) is 16.3 Å². The molecule has 1 N–H and O–H groups in total. The molecular formula is C25H27NO3. The average molecular weight is 389 g/mol. The maximum absolute atomic E-state index is 10.8. The van der Waals surface area contributed by atoms with E-state index in [-0.39, 0.29) is 0 Å². The second-order valence-corrected chi connectivity index (χ2v) is 6.88. The van der Waals surface area contributed by atoms with Gasteiger partial charge in [-0.05, 0) is 61.4 Å². The van der Waals surface area contributed by atoms with E-state index in [9.17, 15) is 4.79 Å². The Morgan fingerprint density at radius 2 is 1.76 bits per heavy atom. The predicted molar refractivity (Wildman–Crippen MR) is 120 cm³/mol. The van der Waals surface area contributed by atoms with E-state index in [4.69, 9.17) is 9.84 Å². The van der Waals surface area contributed by atoms with Crippen LogP contribution in [0.5, 0.6) is 5.75 Å². The van der Waals surface area contributed by atoms with Gasteiger partial charge in [0, 0.05) is 30.4 Å². The molecule has 150 valence electrons. The van der Waals surface area contributed by atoms with E-state index in [1.54, 1.807) is 12.1 Å². The van der Waals surface area contributed by atoms with E-state index >= 15 is 0 Å². The van der Waals surface area contributed by atoms with Crippen molar-refractivity contribution < 1.29 is 14.6 Å². The normalized spacial score (nSPS) is 12.2. The minimum Gasteiger partial charge on any atom is -0.489 e. The highest BCUT2D eigenvalue weighted by Crippen LogP contribution is 2.33. The number of benzene rings is 3. The molecule has 0 unspecified atom stereocenters. The van der Waals surface area contributed by atoms with Crippen molar-refractivity contribution in [3.63, 3.8) is 0 Å². The molecule has 1 aliphatic rings. The lowest BCUT2D eigenvalue weighted by atomic mass is 10.0. The quantitative estimate of drug-likeness (QED) is 0.606. The molecule has 1 aliphatic heterocycles. The summed E-state index contributed by atoms with van der Waals surface area (Å²) < 4.78 is 5.67. The highest BCUT2D eigenvalue weighted by atomic mass is 16.5. The van der Waals surface area contributed by atoms with E-state index in [1.165, 1.54) is 16.8 Å². The van der Waals surface area contributed by atoms with Gasteiger partial charge in [-0.15, -0.1) is 0 Å². The monoisotopic (exact) mass is 389 g/mol. The fourth-order valence-electron chi connectivity index (χ4n) is 3.52. The van der Waals surface area contributed by atoms with Gasteiger partial charge in [-0.3, -0.25) is 0 Å². The third-order valence-electron chi connectivity index (χ3n) is 5.17. The first-order chi connectivity index (χ1) is 14.0. The smallest absolute Gasteiger partial charge is 0.336 e. The predicted octanol–water partition coefficient (Wildman–Crippen LogP) is 5.87. The van der Waals surface area contributed by atoms with Crippen molar-refractivity contribution in [2.75, 3.05) is 24.6 Å². The largest absolute Gasteiger partial charge is 0.489 e. The maximum atomic E-state index is 10.8. The summed E-state index contributed by atoms with van der Waals surface area (Å²) in [5.74, 6) is 0.140. The lowest BCUT2D eigenvalue weighted by Gasteiger charge is -2.24. The van der Waals surface area contributed by atoms with E-state index in [0.717, 1.165) is 29.6 Å². The van der Waals surface area contributed by atoms with Crippen molar-refractivity contribution in [3.8, 4) is 5.75 Å². The SMILES string of the molecule is CCN(CC)c1ccc2c(c1)OCC=C2C.O=C(O)c1cccc2ccccc12. The third kappa shape index (κ3) is 4.60. The zero-order valence-electron chi connectivity index (χ0n) is 17.2. The Bertz CT molecular complexity index is 1030. The molecule has 4 nitrogen and oxygen atoms in total.